The largest absolute Gasteiger partial charge is 0.355 e. The van der Waals surface area contributed by atoms with Crippen LogP contribution in [0.25, 0.3) is 69.9 Å². The first-order valence-electron chi connectivity index (χ1n) is 20.5. The Hall–Kier alpha value is -5.58. The second-order valence-electron chi connectivity index (χ2n) is 19.1. The molecule has 0 fully saturated rings. The number of nitrogens with one attached hydrogen (secondary N) is 1. The van der Waals surface area contributed by atoms with Crippen LogP contribution in [-0.4, -0.2) is 11.8 Å². The SMILES string of the molecule is CC(C)(C)c1ccc(Nc2ccc(C(C)(C)C)cc2-c2ccc3c4cc5c(cc4n4c3c2Bc2cc3c(cc2-4)C(C)(C)c2ccccc2-3)sc2ccccc25)cc1. The van der Waals surface area contributed by atoms with Gasteiger partial charge in [-0.05, 0) is 104 Å². The Bertz CT molecular complexity index is 3160. The third-order valence-corrected chi connectivity index (χ3v) is 14.3. The molecule has 4 heteroatoms. The lowest BCUT2D eigenvalue weighted by Crippen LogP contribution is -2.37. The number of fused-ring (bicyclic) bond motifs is 11. The molecule has 0 bridgehead atoms. The molecular weight excluding hydrogens is 707 g/mol. The van der Waals surface area contributed by atoms with Crippen molar-refractivity contribution in [3.05, 3.63) is 150 Å². The molecule has 1 N–H and O–H groups in total. The minimum atomic E-state index is -0.0804. The number of nitrogens with zero attached hydrogens (tertiary/aromatic N) is 1. The lowest BCUT2D eigenvalue weighted by atomic mass is 9.58. The van der Waals surface area contributed by atoms with Crippen molar-refractivity contribution in [2.45, 2.75) is 71.6 Å². The molecule has 1 aliphatic heterocycles. The summed E-state index contributed by atoms with van der Waals surface area (Å²) in [5.41, 5.74) is 19.8. The van der Waals surface area contributed by atoms with Crippen LogP contribution in [0.4, 0.5) is 11.4 Å². The van der Waals surface area contributed by atoms with Gasteiger partial charge < -0.3 is 9.88 Å². The van der Waals surface area contributed by atoms with Gasteiger partial charge in [0.15, 0.2) is 7.28 Å². The van der Waals surface area contributed by atoms with Crippen molar-refractivity contribution in [3.8, 4) is 27.9 Å². The van der Waals surface area contributed by atoms with Crippen molar-refractivity contribution in [2.24, 2.45) is 0 Å². The maximum atomic E-state index is 3.89. The van der Waals surface area contributed by atoms with Crippen LogP contribution in [-0.2, 0) is 16.2 Å². The van der Waals surface area contributed by atoms with Gasteiger partial charge in [-0.1, -0.05) is 140 Å². The van der Waals surface area contributed by atoms with Crippen molar-refractivity contribution >= 4 is 82.9 Å². The molecule has 1 aliphatic carbocycles. The number of thiophene rings is 1. The van der Waals surface area contributed by atoms with Crippen molar-refractivity contribution < 1.29 is 0 Å². The second-order valence-corrected chi connectivity index (χ2v) is 20.2. The highest BCUT2D eigenvalue weighted by atomic mass is 32.1. The number of aromatic nitrogens is 1. The van der Waals surface area contributed by atoms with Crippen molar-refractivity contribution in [3.63, 3.8) is 0 Å². The van der Waals surface area contributed by atoms with E-state index in [1.807, 2.05) is 11.3 Å². The third-order valence-electron chi connectivity index (χ3n) is 13.1. The summed E-state index contributed by atoms with van der Waals surface area (Å²) in [6.45, 7) is 18.6. The fraction of sp³-hybridized carbons (Fsp3) is 0.208. The quantitative estimate of drug-likeness (QED) is 0.178. The first-order chi connectivity index (χ1) is 27.3. The molecule has 2 aliphatic rings. The second kappa shape index (κ2) is 11.7. The van der Waals surface area contributed by atoms with Crippen LogP contribution < -0.4 is 16.2 Å². The first-order valence-corrected chi connectivity index (χ1v) is 21.3. The predicted molar refractivity (Wildman–Crippen MR) is 250 cm³/mol. The number of hydrogen-bond acceptors (Lipinski definition) is 2. The highest BCUT2D eigenvalue weighted by Gasteiger charge is 2.38. The molecular formula is C53H47BN2S. The molecule has 0 saturated heterocycles. The van der Waals surface area contributed by atoms with Gasteiger partial charge in [0.1, 0.15) is 0 Å². The standard InChI is InChI=1S/C53H47BN2S/c1-51(2,3)30-17-20-32(21-18-30)55-44-24-19-31(52(4,5)6)25-38(44)35-22-23-36-39-26-40-34-14-10-12-16-47(34)57-48(40)29-45(39)56-46-28-42-37(27-43(46)54-49(35)50(36)56)33-13-9-11-15-41(33)53(42,7)8/h9-29,54-55H,1-8H3. The van der Waals surface area contributed by atoms with Gasteiger partial charge in [-0.3, -0.25) is 0 Å². The van der Waals surface area contributed by atoms with Gasteiger partial charge in [0.2, 0.25) is 0 Å². The Morgan fingerprint density at radius 3 is 2.09 bits per heavy atom. The van der Waals surface area contributed by atoms with E-state index in [2.05, 4.69) is 193 Å². The van der Waals surface area contributed by atoms with Crippen LogP contribution in [0.1, 0.15) is 77.6 Å². The topological polar surface area (TPSA) is 17.0 Å². The fourth-order valence-corrected chi connectivity index (χ4v) is 11.1. The summed E-state index contributed by atoms with van der Waals surface area (Å²) < 4.78 is 5.32. The average molecular weight is 755 g/mol. The zero-order valence-electron chi connectivity index (χ0n) is 34.2. The molecule has 0 amide bonds. The average Bonchev–Trinajstić information content (AvgIpc) is 3.79. The number of anilines is 2. The van der Waals surface area contributed by atoms with Crippen LogP contribution in [0.15, 0.2) is 127 Å². The van der Waals surface area contributed by atoms with E-state index in [0.717, 1.165) is 18.7 Å². The van der Waals surface area contributed by atoms with E-state index >= 15 is 0 Å². The molecule has 57 heavy (non-hydrogen) atoms. The summed E-state index contributed by atoms with van der Waals surface area (Å²) in [5, 5.41) is 9.23. The number of hydrogen-bond donors (Lipinski definition) is 1. The summed E-state index contributed by atoms with van der Waals surface area (Å²) in [5.74, 6) is 0. The molecule has 0 saturated carbocycles. The molecule has 7 aromatic carbocycles. The molecule has 2 aromatic heterocycles. The van der Waals surface area contributed by atoms with Crippen LogP contribution >= 0.6 is 11.3 Å². The molecule has 3 heterocycles. The Morgan fingerprint density at radius 2 is 1.30 bits per heavy atom. The summed E-state index contributed by atoms with van der Waals surface area (Å²) in [6.07, 6.45) is 0. The highest BCUT2D eigenvalue weighted by Crippen LogP contribution is 2.50. The Labute approximate surface area is 340 Å². The maximum absolute atomic E-state index is 3.89. The van der Waals surface area contributed by atoms with Gasteiger partial charge in [0.05, 0.1) is 5.52 Å². The summed E-state index contributed by atoms with van der Waals surface area (Å²) in [6, 6.07) is 48.9. The smallest absolute Gasteiger partial charge is 0.198 e. The van der Waals surface area contributed by atoms with E-state index in [4.69, 9.17) is 0 Å². The molecule has 9 aromatic rings. The first kappa shape index (κ1) is 34.7. The monoisotopic (exact) mass is 754 g/mol. The third kappa shape index (κ3) is 5.09. The minimum absolute atomic E-state index is 0.000261. The normalized spacial score (nSPS) is 14.2. The van der Waals surface area contributed by atoms with Gasteiger partial charge in [0, 0.05) is 64.5 Å². The molecule has 0 spiro atoms. The number of benzene rings is 7. The Kier molecular flexibility index (Phi) is 7.14. The zero-order chi connectivity index (χ0) is 39.2. The van der Waals surface area contributed by atoms with Gasteiger partial charge >= 0.3 is 0 Å². The van der Waals surface area contributed by atoms with Gasteiger partial charge in [-0.25, -0.2) is 0 Å². The zero-order valence-corrected chi connectivity index (χ0v) is 35.0. The van der Waals surface area contributed by atoms with Crippen LogP contribution in [0, 0.1) is 0 Å². The number of rotatable bonds is 3. The van der Waals surface area contributed by atoms with Crippen molar-refractivity contribution in [2.75, 3.05) is 5.32 Å². The van der Waals surface area contributed by atoms with E-state index in [1.165, 1.54) is 103 Å². The van der Waals surface area contributed by atoms with Crippen molar-refractivity contribution in [1.82, 2.24) is 4.57 Å². The molecule has 0 radical (unpaired) electrons. The lowest BCUT2D eigenvalue weighted by molar-refractivity contribution is 0.590. The van der Waals surface area contributed by atoms with Crippen LogP contribution in [0.3, 0.4) is 0 Å². The van der Waals surface area contributed by atoms with E-state index in [-0.39, 0.29) is 16.2 Å². The van der Waals surface area contributed by atoms with Gasteiger partial charge in [-0.2, -0.15) is 0 Å². The van der Waals surface area contributed by atoms with Crippen LogP contribution in [0.5, 0.6) is 0 Å². The molecule has 0 atom stereocenters. The maximum Gasteiger partial charge on any atom is 0.198 e. The molecule has 278 valence electrons. The van der Waals surface area contributed by atoms with E-state index in [9.17, 15) is 0 Å². The van der Waals surface area contributed by atoms with E-state index in [0.29, 0.717) is 0 Å². The van der Waals surface area contributed by atoms with Gasteiger partial charge in [0.25, 0.3) is 0 Å². The molecule has 2 nitrogen and oxygen atoms in total. The van der Waals surface area contributed by atoms with Gasteiger partial charge in [-0.15, -0.1) is 11.3 Å². The molecule has 0 unspecified atom stereocenters. The Balaban J connectivity index is 1.20. The Morgan fingerprint density at radius 1 is 0.561 bits per heavy atom. The lowest BCUT2D eigenvalue weighted by Gasteiger charge is -2.28. The molecule has 11 rings (SSSR count). The van der Waals surface area contributed by atoms with Crippen molar-refractivity contribution in [1.29, 1.82) is 0 Å². The predicted octanol–water partition coefficient (Wildman–Crippen LogP) is 13.2. The highest BCUT2D eigenvalue weighted by molar-refractivity contribution is 7.25. The fourth-order valence-electron chi connectivity index (χ4n) is 9.95. The minimum Gasteiger partial charge on any atom is -0.355 e. The van der Waals surface area contributed by atoms with E-state index < -0.39 is 0 Å². The summed E-state index contributed by atoms with van der Waals surface area (Å²) >= 11 is 1.91. The summed E-state index contributed by atoms with van der Waals surface area (Å²) in [7, 11) is 0.866. The van der Waals surface area contributed by atoms with E-state index in [1.54, 1.807) is 0 Å². The summed E-state index contributed by atoms with van der Waals surface area (Å²) in [4.78, 5) is 0. The van der Waals surface area contributed by atoms with Crippen LogP contribution in [0.2, 0.25) is 0 Å².